The van der Waals surface area contributed by atoms with Crippen LogP contribution in [0.3, 0.4) is 0 Å². The summed E-state index contributed by atoms with van der Waals surface area (Å²) in [5.41, 5.74) is 8.28. The highest BCUT2D eigenvalue weighted by atomic mass is 79.9. The summed E-state index contributed by atoms with van der Waals surface area (Å²) in [6, 6.07) is 6.32. The Bertz CT molecular complexity index is 338. The lowest BCUT2D eigenvalue weighted by molar-refractivity contribution is 0.445. The number of nitrogens with two attached hydrogens (primary N) is 1. The zero-order valence-electron chi connectivity index (χ0n) is 10.3. The normalized spacial score (nSPS) is 11.6. The van der Waals surface area contributed by atoms with Crippen molar-refractivity contribution in [2.24, 2.45) is 5.73 Å². The monoisotopic (exact) mass is 284 g/mol. The second-order valence-electron chi connectivity index (χ2n) is 4.30. The predicted octanol–water partition coefficient (Wildman–Crippen LogP) is 3.69. The van der Waals surface area contributed by atoms with Crippen LogP contribution in [0.4, 0.5) is 5.69 Å². The van der Waals surface area contributed by atoms with Crippen molar-refractivity contribution in [3.63, 3.8) is 0 Å². The van der Waals surface area contributed by atoms with Crippen LogP contribution in [0.1, 0.15) is 32.3 Å². The molecule has 1 aromatic rings. The summed E-state index contributed by atoms with van der Waals surface area (Å²) in [5, 5.41) is 3.58. The average Bonchev–Trinajstić information content (AvgIpc) is 2.31. The van der Waals surface area contributed by atoms with Gasteiger partial charge in [0.1, 0.15) is 0 Å². The van der Waals surface area contributed by atoms with E-state index in [2.05, 4.69) is 60.2 Å². The van der Waals surface area contributed by atoms with E-state index in [9.17, 15) is 0 Å². The van der Waals surface area contributed by atoms with Gasteiger partial charge >= 0.3 is 0 Å². The molecule has 1 aromatic carbocycles. The Morgan fingerprint density at radius 3 is 2.44 bits per heavy atom. The minimum absolute atomic E-state index is 0.0102. The van der Waals surface area contributed by atoms with Crippen LogP contribution >= 0.6 is 15.9 Å². The second kappa shape index (κ2) is 5.69. The fraction of sp³-hybridized carbons (Fsp3) is 0.538. The Labute approximate surface area is 107 Å². The number of anilines is 1. The van der Waals surface area contributed by atoms with Crippen molar-refractivity contribution in [2.75, 3.05) is 11.9 Å². The summed E-state index contributed by atoms with van der Waals surface area (Å²) < 4.78 is 1.10. The highest BCUT2D eigenvalue weighted by molar-refractivity contribution is 9.10. The van der Waals surface area contributed by atoms with E-state index in [1.807, 2.05) is 0 Å². The summed E-state index contributed by atoms with van der Waals surface area (Å²) in [7, 11) is 0. The summed E-state index contributed by atoms with van der Waals surface area (Å²) in [6.07, 6.45) is 2.06. The molecule has 0 saturated carbocycles. The number of aryl methyl sites for hydroxylation is 1. The molecular weight excluding hydrogens is 264 g/mol. The van der Waals surface area contributed by atoms with Crippen LogP contribution in [0.5, 0.6) is 0 Å². The van der Waals surface area contributed by atoms with Gasteiger partial charge in [0, 0.05) is 22.2 Å². The molecule has 0 aliphatic heterocycles. The van der Waals surface area contributed by atoms with Gasteiger partial charge in [-0.15, -0.1) is 0 Å². The summed E-state index contributed by atoms with van der Waals surface area (Å²) >= 11 is 3.57. The summed E-state index contributed by atoms with van der Waals surface area (Å²) in [5.74, 6) is 0. The first-order valence-electron chi connectivity index (χ1n) is 5.81. The fourth-order valence-corrected chi connectivity index (χ4v) is 2.13. The van der Waals surface area contributed by atoms with Crippen molar-refractivity contribution in [1.82, 2.24) is 0 Å². The Kier molecular flexibility index (Phi) is 4.81. The summed E-state index contributed by atoms with van der Waals surface area (Å²) in [6.45, 7) is 7.10. The van der Waals surface area contributed by atoms with E-state index < -0.39 is 0 Å². The first-order valence-corrected chi connectivity index (χ1v) is 6.60. The minimum Gasteiger partial charge on any atom is -0.377 e. The number of benzene rings is 1. The van der Waals surface area contributed by atoms with E-state index in [0.717, 1.165) is 23.0 Å². The van der Waals surface area contributed by atoms with Gasteiger partial charge in [-0.1, -0.05) is 19.9 Å². The van der Waals surface area contributed by atoms with E-state index in [0.29, 0.717) is 6.54 Å². The zero-order chi connectivity index (χ0) is 12.2. The molecule has 0 aliphatic carbocycles. The van der Waals surface area contributed by atoms with E-state index in [1.165, 1.54) is 5.56 Å². The summed E-state index contributed by atoms with van der Waals surface area (Å²) in [4.78, 5) is 0. The zero-order valence-corrected chi connectivity index (χ0v) is 11.9. The average molecular weight is 285 g/mol. The number of nitrogens with one attached hydrogen (secondary N) is 1. The Morgan fingerprint density at radius 2 is 1.94 bits per heavy atom. The van der Waals surface area contributed by atoms with Gasteiger partial charge in [0.05, 0.1) is 0 Å². The van der Waals surface area contributed by atoms with E-state index in [4.69, 9.17) is 5.73 Å². The molecule has 1 rings (SSSR count). The third-order valence-electron chi connectivity index (χ3n) is 3.27. The van der Waals surface area contributed by atoms with E-state index in [-0.39, 0.29) is 5.54 Å². The second-order valence-corrected chi connectivity index (χ2v) is 5.15. The molecule has 0 aliphatic rings. The fourth-order valence-electron chi connectivity index (χ4n) is 1.79. The molecule has 3 N–H and O–H groups in total. The smallest absolute Gasteiger partial charge is 0.0492 e. The highest BCUT2D eigenvalue weighted by Crippen LogP contribution is 2.28. The first-order chi connectivity index (χ1) is 7.56. The van der Waals surface area contributed by atoms with Crippen LogP contribution in [-0.4, -0.2) is 12.1 Å². The van der Waals surface area contributed by atoms with Gasteiger partial charge in [0.15, 0.2) is 0 Å². The maximum Gasteiger partial charge on any atom is 0.0492 e. The molecule has 0 radical (unpaired) electrons. The molecule has 0 heterocycles. The van der Waals surface area contributed by atoms with Crippen molar-refractivity contribution in [2.45, 2.75) is 39.2 Å². The van der Waals surface area contributed by atoms with Gasteiger partial charge in [-0.2, -0.15) is 0 Å². The van der Waals surface area contributed by atoms with Crippen molar-refractivity contribution in [1.29, 1.82) is 0 Å². The molecule has 0 atom stereocenters. The van der Waals surface area contributed by atoms with Crippen LogP contribution in [0, 0.1) is 6.92 Å². The third-order valence-corrected chi connectivity index (χ3v) is 3.96. The molecule has 0 unspecified atom stereocenters. The van der Waals surface area contributed by atoms with Crippen LogP contribution in [0.25, 0.3) is 0 Å². The van der Waals surface area contributed by atoms with Crippen LogP contribution < -0.4 is 11.1 Å². The SMILES string of the molecule is CCC(CC)(CN)Nc1cc(C)ccc1Br. The molecule has 3 heteroatoms. The lowest BCUT2D eigenvalue weighted by Gasteiger charge is -2.33. The van der Waals surface area contributed by atoms with Crippen molar-refractivity contribution in [3.8, 4) is 0 Å². The quantitative estimate of drug-likeness (QED) is 0.866. The maximum absolute atomic E-state index is 5.89. The van der Waals surface area contributed by atoms with Gasteiger partial charge in [0.25, 0.3) is 0 Å². The molecule has 0 aromatic heterocycles. The number of hydrogen-bond acceptors (Lipinski definition) is 2. The first kappa shape index (κ1) is 13.5. The van der Waals surface area contributed by atoms with Crippen LogP contribution in [-0.2, 0) is 0 Å². The Hall–Kier alpha value is -0.540. The van der Waals surface area contributed by atoms with Gasteiger partial charge in [-0.05, 0) is 53.4 Å². The van der Waals surface area contributed by atoms with Gasteiger partial charge in [0.2, 0.25) is 0 Å². The third kappa shape index (κ3) is 2.98. The molecule has 0 spiro atoms. The highest BCUT2D eigenvalue weighted by Gasteiger charge is 2.24. The van der Waals surface area contributed by atoms with Crippen LogP contribution in [0.2, 0.25) is 0 Å². The van der Waals surface area contributed by atoms with E-state index in [1.54, 1.807) is 0 Å². The molecule has 0 fully saturated rings. The van der Waals surface area contributed by atoms with Gasteiger partial charge in [-0.3, -0.25) is 0 Å². The standard InChI is InChI=1S/C13H21BrN2/c1-4-13(5-2,9-15)16-12-8-10(3)6-7-11(12)14/h6-8,16H,4-5,9,15H2,1-3H3. The van der Waals surface area contributed by atoms with Gasteiger partial charge < -0.3 is 11.1 Å². The molecule has 90 valence electrons. The molecular formula is C13H21BrN2. The Balaban J connectivity index is 2.97. The van der Waals surface area contributed by atoms with Crippen molar-refractivity contribution < 1.29 is 0 Å². The predicted molar refractivity (Wildman–Crippen MR) is 74.9 cm³/mol. The van der Waals surface area contributed by atoms with Crippen molar-refractivity contribution >= 4 is 21.6 Å². The lowest BCUT2D eigenvalue weighted by atomic mass is 9.92. The molecule has 0 bridgehead atoms. The number of hydrogen-bond donors (Lipinski definition) is 2. The number of rotatable bonds is 5. The Morgan fingerprint density at radius 1 is 1.31 bits per heavy atom. The number of halogens is 1. The molecule has 16 heavy (non-hydrogen) atoms. The van der Waals surface area contributed by atoms with E-state index >= 15 is 0 Å². The lowest BCUT2D eigenvalue weighted by Crippen LogP contribution is -2.44. The molecule has 2 nitrogen and oxygen atoms in total. The maximum atomic E-state index is 5.89. The molecule has 0 amide bonds. The van der Waals surface area contributed by atoms with Gasteiger partial charge in [-0.25, -0.2) is 0 Å². The largest absolute Gasteiger partial charge is 0.377 e. The van der Waals surface area contributed by atoms with Crippen molar-refractivity contribution in [3.05, 3.63) is 28.2 Å². The topological polar surface area (TPSA) is 38.0 Å². The van der Waals surface area contributed by atoms with Crippen LogP contribution in [0.15, 0.2) is 22.7 Å². The minimum atomic E-state index is 0.0102. The molecule has 0 saturated heterocycles.